The average molecular weight is 437 g/mol. The molecule has 3 heteroatoms. The molecule has 0 aliphatic heterocycles. The van der Waals surface area contributed by atoms with Gasteiger partial charge in [-0.25, -0.2) is 4.39 Å². The molecule has 0 radical (unpaired) electrons. The van der Waals surface area contributed by atoms with E-state index in [4.69, 9.17) is 4.74 Å². The molecule has 0 saturated heterocycles. The summed E-state index contributed by atoms with van der Waals surface area (Å²) < 4.78 is 21.1. The van der Waals surface area contributed by atoms with Crippen molar-refractivity contribution >= 4 is 13.9 Å². The van der Waals surface area contributed by atoms with Gasteiger partial charge in [0.2, 0.25) is 0 Å². The largest absolute Gasteiger partial charge is 0.488 e. The summed E-state index contributed by atoms with van der Waals surface area (Å²) in [5.41, 5.74) is 4.67. The second kappa shape index (κ2) is 9.53. The van der Waals surface area contributed by atoms with Crippen molar-refractivity contribution in [1.82, 2.24) is 0 Å². The fourth-order valence-electron chi connectivity index (χ4n) is 3.83. The quantitative estimate of drug-likeness (QED) is 0.346. The summed E-state index contributed by atoms with van der Waals surface area (Å²) in [4.78, 5) is 0. The van der Waals surface area contributed by atoms with E-state index in [-0.39, 0.29) is 16.4 Å². The van der Waals surface area contributed by atoms with Crippen LogP contribution in [0.1, 0.15) is 63.3 Å². The van der Waals surface area contributed by atoms with Crippen molar-refractivity contribution in [3.63, 3.8) is 0 Å². The van der Waals surface area contributed by atoms with Gasteiger partial charge >= 0.3 is 0 Å². The minimum absolute atomic E-state index is 0.0669. The summed E-state index contributed by atoms with van der Waals surface area (Å²) in [5.74, 6) is 0.825. The van der Waals surface area contributed by atoms with Crippen molar-refractivity contribution in [3.05, 3.63) is 94.8 Å². The third-order valence-corrected chi connectivity index (χ3v) is 7.70. The Kier molecular flexibility index (Phi) is 7.22. The highest BCUT2D eigenvalue weighted by Crippen LogP contribution is 2.50. The molecule has 31 heavy (non-hydrogen) atoms. The van der Waals surface area contributed by atoms with Crippen molar-refractivity contribution in [2.45, 2.75) is 65.1 Å². The fourth-order valence-corrected chi connectivity index (χ4v) is 5.31. The number of rotatable bonds is 7. The van der Waals surface area contributed by atoms with Gasteiger partial charge in [0.25, 0.3) is 0 Å². The van der Waals surface area contributed by atoms with E-state index in [1.165, 1.54) is 16.7 Å². The Bertz CT molecular complexity index is 1020. The summed E-state index contributed by atoms with van der Waals surface area (Å²) in [7, 11) is 0.313. The third-order valence-electron chi connectivity index (χ3n) is 5.85. The van der Waals surface area contributed by atoms with Gasteiger partial charge in [0.1, 0.15) is 18.2 Å². The van der Waals surface area contributed by atoms with E-state index in [1.807, 2.05) is 30.3 Å². The van der Waals surface area contributed by atoms with E-state index in [9.17, 15) is 4.39 Å². The SMILES string of the molecule is CCC(C)(Pc1ccccc1F)c1cc(C)cc(C(C)(C)C)c1OCc1ccccc1. The molecule has 0 aliphatic carbocycles. The number of hydrogen-bond acceptors (Lipinski definition) is 1. The highest BCUT2D eigenvalue weighted by molar-refractivity contribution is 7.48. The zero-order valence-electron chi connectivity index (χ0n) is 19.6. The van der Waals surface area contributed by atoms with Gasteiger partial charge in [0, 0.05) is 21.6 Å². The van der Waals surface area contributed by atoms with Gasteiger partial charge in [0.15, 0.2) is 0 Å². The van der Waals surface area contributed by atoms with E-state index in [1.54, 1.807) is 12.1 Å². The molecule has 0 heterocycles. The Morgan fingerprint density at radius 3 is 2.10 bits per heavy atom. The van der Waals surface area contributed by atoms with Crippen molar-refractivity contribution in [2.24, 2.45) is 0 Å². The molecule has 1 nitrogen and oxygen atoms in total. The van der Waals surface area contributed by atoms with E-state index in [2.05, 4.69) is 65.8 Å². The summed E-state index contributed by atoms with van der Waals surface area (Å²) in [6, 6.07) is 21.9. The van der Waals surface area contributed by atoms with Crippen LogP contribution in [0.4, 0.5) is 4.39 Å². The molecule has 3 aromatic rings. The smallest absolute Gasteiger partial charge is 0.130 e. The van der Waals surface area contributed by atoms with Crippen molar-refractivity contribution in [2.75, 3.05) is 0 Å². The van der Waals surface area contributed by atoms with Crippen molar-refractivity contribution < 1.29 is 9.13 Å². The van der Waals surface area contributed by atoms with Crippen LogP contribution in [-0.4, -0.2) is 0 Å². The van der Waals surface area contributed by atoms with Crippen LogP contribution in [0.25, 0.3) is 0 Å². The molecule has 0 saturated carbocycles. The molecule has 0 spiro atoms. The van der Waals surface area contributed by atoms with E-state index >= 15 is 0 Å². The van der Waals surface area contributed by atoms with Crippen LogP contribution in [0.2, 0.25) is 0 Å². The lowest BCUT2D eigenvalue weighted by molar-refractivity contribution is 0.291. The maximum atomic E-state index is 14.6. The monoisotopic (exact) mass is 436 g/mol. The second-order valence-corrected chi connectivity index (χ2v) is 11.4. The van der Waals surface area contributed by atoms with Crippen LogP contribution in [0.15, 0.2) is 66.7 Å². The van der Waals surface area contributed by atoms with Gasteiger partial charge in [-0.1, -0.05) is 109 Å². The Morgan fingerprint density at radius 2 is 1.48 bits per heavy atom. The Labute approximate surface area is 188 Å². The standard InChI is InChI=1S/C28H34FOP/c1-7-28(6,31-25-16-12-11-15-24(25)29)23-18-20(2)17-22(27(3,4)5)26(23)30-19-21-13-9-8-10-14-21/h8-18,31H,7,19H2,1-6H3. The fraction of sp³-hybridized carbons (Fsp3) is 0.357. The summed E-state index contributed by atoms with van der Waals surface area (Å²) in [6.45, 7) is 13.8. The van der Waals surface area contributed by atoms with Crippen LogP contribution in [0, 0.1) is 12.7 Å². The minimum Gasteiger partial charge on any atom is -0.488 e. The van der Waals surface area contributed by atoms with Gasteiger partial charge in [-0.2, -0.15) is 0 Å². The number of benzene rings is 3. The van der Waals surface area contributed by atoms with Crippen LogP contribution >= 0.6 is 8.58 Å². The molecule has 0 fully saturated rings. The Morgan fingerprint density at radius 1 is 0.871 bits per heavy atom. The van der Waals surface area contributed by atoms with Crippen molar-refractivity contribution in [3.8, 4) is 5.75 Å². The molecule has 3 rings (SSSR count). The van der Waals surface area contributed by atoms with Gasteiger partial charge in [-0.05, 0) is 30.4 Å². The van der Waals surface area contributed by atoms with Crippen LogP contribution < -0.4 is 10.0 Å². The first-order chi connectivity index (χ1) is 14.6. The highest BCUT2D eigenvalue weighted by Gasteiger charge is 2.33. The predicted molar refractivity (Wildman–Crippen MR) is 133 cm³/mol. The highest BCUT2D eigenvalue weighted by atomic mass is 31.1. The topological polar surface area (TPSA) is 9.23 Å². The van der Waals surface area contributed by atoms with Gasteiger partial charge < -0.3 is 4.74 Å². The molecule has 2 atom stereocenters. The first kappa shape index (κ1) is 23.5. The Hall–Kier alpha value is -2.18. The lowest BCUT2D eigenvalue weighted by atomic mass is 9.81. The molecule has 0 aromatic heterocycles. The number of hydrogen-bond donors (Lipinski definition) is 0. The zero-order chi connectivity index (χ0) is 22.6. The van der Waals surface area contributed by atoms with E-state index in [0.717, 1.165) is 23.0 Å². The molecular weight excluding hydrogens is 402 g/mol. The molecule has 164 valence electrons. The third kappa shape index (κ3) is 5.55. The molecule has 0 bridgehead atoms. The maximum absolute atomic E-state index is 14.6. The number of aryl methyl sites for hydroxylation is 1. The number of ether oxygens (including phenoxy) is 1. The van der Waals surface area contributed by atoms with Gasteiger partial charge in [-0.3, -0.25) is 0 Å². The molecule has 0 N–H and O–H groups in total. The summed E-state index contributed by atoms with van der Waals surface area (Å²) in [5, 5.41) is 0.555. The van der Waals surface area contributed by atoms with E-state index in [0.29, 0.717) is 15.2 Å². The normalized spacial score (nSPS) is 14.0. The lowest BCUT2D eigenvalue weighted by Crippen LogP contribution is -2.23. The molecule has 3 aromatic carbocycles. The molecular formula is C28H34FOP. The van der Waals surface area contributed by atoms with Crippen LogP contribution in [0.3, 0.4) is 0 Å². The molecule has 2 unspecified atom stereocenters. The van der Waals surface area contributed by atoms with Crippen LogP contribution in [0.5, 0.6) is 5.75 Å². The van der Waals surface area contributed by atoms with Gasteiger partial charge in [-0.15, -0.1) is 0 Å². The number of halogens is 1. The predicted octanol–water partition coefficient (Wildman–Crippen LogP) is 7.64. The van der Waals surface area contributed by atoms with Gasteiger partial charge in [0.05, 0.1) is 0 Å². The summed E-state index contributed by atoms with van der Waals surface area (Å²) in [6.07, 6.45) is 0.897. The minimum atomic E-state index is -0.222. The van der Waals surface area contributed by atoms with Crippen LogP contribution in [-0.2, 0) is 17.2 Å². The first-order valence-corrected chi connectivity index (χ1v) is 12.0. The first-order valence-electron chi connectivity index (χ1n) is 11.0. The average Bonchev–Trinajstić information content (AvgIpc) is 2.74. The zero-order valence-corrected chi connectivity index (χ0v) is 20.6. The molecule has 0 aliphatic rings. The Balaban J connectivity index is 2.12. The van der Waals surface area contributed by atoms with E-state index < -0.39 is 0 Å². The van der Waals surface area contributed by atoms with Crippen molar-refractivity contribution in [1.29, 1.82) is 0 Å². The lowest BCUT2D eigenvalue weighted by Gasteiger charge is -2.34. The maximum Gasteiger partial charge on any atom is 0.130 e. The summed E-state index contributed by atoms with van der Waals surface area (Å²) >= 11 is 0. The second-order valence-electron chi connectivity index (χ2n) is 9.50. The molecule has 0 amide bonds.